The molecule has 33 heavy (non-hydrogen) atoms. The molecule has 0 saturated heterocycles. The van der Waals surface area contributed by atoms with Gasteiger partial charge in [0, 0.05) is 11.6 Å². The summed E-state index contributed by atoms with van der Waals surface area (Å²) >= 11 is 0. The molecule has 0 amide bonds. The van der Waals surface area contributed by atoms with E-state index in [1.165, 1.54) is 30.6 Å². The molecule has 0 atom stereocenters. The van der Waals surface area contributed by atoms with Crippen molar-refractivity contribution in [2.75, 3.05) is 7.11 Å². The van der Waals surface area contributed by atoms with Crippen LogP contribution in [-0.2, 0) is 11.4 Å². The molecular weight excluding hydrogens is 424 g/mol. The van der Waals surface area contributed by atoms with Crippen LogP contribution in [0.3, 0.4) is 0 Å². The number of para-hydroxylation sites is 1. The Bertz CT molecular complexity index is 1390. The van der Waals surface area contributed by atoms with E-state index < -0.39 is 5.56 Å². The molecule has 0 bridgehead atoms. The first kappa shape index (κ1) is 21.6. The molecule has 0 unspecified atom stereocenters. The first-order valence-corrected chi connectivity index (χ1v) is 9.91. The summed E-state index contributed by atoms with van der Waals surface area (Å²) in [6.07, 6.45) is 2.83. The van der Waals surface area contributed by atoms with E-state index in [0.29, 0.717) is 16.5 Å². The fraction of sp³-hybridized carbons (Fsp3) is 0.0833. The van der Waals surface area contributed by atoms with E-state index in [1.807, 2.05) is 12.1 Å². The largest absolute Gasteiger partial charge is 0.508 e. The second-order valence-corrected chi connectivity index (χ2v) is 6.93. The van der Waals surface area contributed by atoms with Crippen molar-refractivity contribution < 1.29 is 19.8 Å². The number of nitrogens with zero attached hydrogens (tertiary/aromatic N) is 4. The zero-order chi connectivity index (χ0) is 23.2. The standard InChI is InChI=1S/C24H20N4O5/c1-32-19-10-6-16(7-11-19)13-26-33-15-23-27-21-5-3-2-4-20(21)24(31)28(23)25-14-17-8-9-18(29)12-22(17)30/h2-14,29-30H,15H2,1H3/b25-14-,26-13-. The summed E-state index contributed by atoms with van der Waals surface area (Å²) in [4.78, 5) is 22.9. The van der Waals surface area contributed by atoms with E-state index in [2.05, 4.69) is 15.2 Å². The Labute approximate surface area is 188 Å². The SMILES string of the molecule is COc1ccc(/C=N\OCc2nc3ccccc3c(=O)n2/N=C\c2ccc(O)cc2O)cc1. The first-order chi connectivity index (χ1) is 16.0. The van der Waals surface area contributed by atoms with Crippen LogP contribution in [0.4, 0.5) is 0 Å². The molecule has 166 valence electrons. The molecule has 3 aromatic carbocycles. The van der Waals surface area contributed by atoms with Gasteiger partial charge in [0.25, 0.3) is 5.56 Å². The molecule has 9 heteroatoms. The highest BCUT2D eigenvalue weighted by Gasteiger charge is 2.11. The Morgan fingerprint density at radius 2 is 1.82 bits per heavy atom. The molecule has 4 aromatic rings. The number of hydrogen-bond donors (Lipinski definition) is 2. The zero-order valence-electron chi connectivity index (χ0n) is 17.6. The molecule has 0 radical (unpaired) electrons. The Morgan fingerprint density at radius 3 is 2.58 bits per heavy atom. The third-order valence-electron chi connectivity index (χ3n) is 4.73. The van der Waals surface area contributed by atoms with Gasteiger partial charge in [-0.25, -0.2) is 4.98 Å². The van der Waals surface area contributed by atoms with Crippen molar-refractivity contribution in [2.45, 2.75) is 6.61 Å². The number of aromatic hydroxyl groups is 2. The van der Waals surface area contributed by atoms with Gasteiger partial charge in [-0.15, -0.1) is 0 Å². The summed E-state index contributed by atoms with van der Waals surface area (Å²) in [7, 11) is 1.59. The molecule has 0 aliphatic rings. The topological polar surface area (TPSA) is 119 Å². The predicted octanol–water partition coefficient (Wildman–Crippen LogP) is 3.25. The number of fused-ring (bicyclic) bond motifs is 1. The van der Waals surface area contributed by atoms with Crippen LogP contribution in [-0.4, -0.2) is 39.4 Å². The van der Waals surface area contributed by atoms with Gasteiger partial charge < -0.3 is 19.8 Å². The molecule has 0 aliphatic heterocycles. The second kappa shape index (κ2) is 9.65. The summed E-state index contributed by atoms with van der Waals surface area (Å²) in [6, 6.07) is 18.2. The molecule has 0 aliphatic carbocycles. The lowest BCUT2D eigenvalue weighted by Crippen LogP contribution is -2.22. The second-order valence-electron chi connectivity index (χ2n) is 6.93. The van der Waals surface area contributed by atoms with Crippen molar-refractivity contribution in [1.82, 2.24) is 9.66 Å². The number of aromatic nitrogens is 2. The number of phenolic OH excluding ortho intramolecular Hbond substituents is 2. The van der Waals surface area contributed by atoms with Crippen molar-refractivity contribution in [3.05, 3.63) is 94.0 Å². The minimum atomic E-state index is -0.396. The third kappa shape index (κ3) is 4.99. The molecule has 9 nitrogen and oxygen atoms in total. The van der Waals surface area contributed by atoms with Gasteiger partial charge in [0.2, 0.25) is 0 Å². The van der Waals surface area contributed by atoms with Gasteiger partial charge in [-0.05, 0) is 54.1 Å². The number of phenols is 2. The summed E-state index contributed by atoms with van der Waals surface area (Å²) in [5.41, 5.74) is 1.23. The third-order valence-corrected chi connectivity index (χ3v) is 4.73. The van der Waals surface area contributed by atoms with Crippen molar-refractivity contribution in [2.24, 2.45) is 10.3 Å². The van der Waals surface area contributed by atoms with Gasteiger partial charge in [0.15, 0.2) is 12.4 Å². The highest BCUT2D eigenvalue weighted by atomic mass is 16.6. The van der Waals surface area contributed by atoms with Crippen molar-refractivity contribution in [1.29, 1.82) is 0 Å². The van der Waals surface area contributed by atoms with Gasteiger partial charge in [0.05, 0.1) is 30.4 Å². The molecule has 2 N–H and O–H groups in total. The maximum Gasteiger partial charge on any atom is 0.282 e. The van der Waals surface area contributed by atoms with Gasteiger partial charge >= 0.3 is 0 Å². The van der Waals surface area contributed by atoms with Crippen LogP contribution in [0.15, 0.2) is 81.8 Å². The van der Waals surface area contributed by atoms with Crippen molar-refractivity contribution in [3.8, 4) is 17.2 Å². The Morgan fingerprint density at radius 1 is 1.03 bits per heavy atom. The summed E-state index contributed by atoms with van der Waals surface area (Å²) < 4.78 is 6.22. The number of oxime groups is 1. The molecule has 0 fully saturated rings. The highest BCUT2D eigenvalue weighted by Crippen LogP contribution is 2.21. The van der Waals surface area contributed by atoms with E-state index in [1.54, 1.807) is 43.5 Å². The molecular formula is C24H20N4O5. The molecule has 1 aromatic heterocycles. The van der Waals surface area contributed by atoms with Crippen LogP contribution >= 0.6 is 0 Å². The van der Waals surface area contributed by atoms with Crippen LogP contribution in [0, 0.1) is 0 Å². The van der Waals surface area contributed by atoms with Crippen LogP contribution in [0.1, 0.15) is 17.0 Å². The lowest BCUT2D eigenvalue weighted by molar-refractivity contribution is 0.123. The van der Waals surface area contributed by atoms with Crippen LogP contribution in [0.25, 0.3) is 10.9 Å². The quantitative estimate of drug-likeness (QED) is 0.334. The molecule has 0 spiro atoms. The zero-order valence-corrected chi connectivity index (χ0v) is 17.6. The lowest BCUT2D eigenvalue weighted by Gasteiger charge is -2.08. The summed E-state index contributed by atoms with van der Waals surface area (Å²) in [5, 5.41) is 28.0. The lowest BCUT2D eigenvalue weighted by atomic mass is 10.2. The fourth-order valence-corrected chi connectivity index (χ4v) is 3.03. The smallest absolute Gasteiger partial charge is 0.282 e. The summed E-state index contributed by atoms with van der Waals surface area (Å²) in [5.74, 6) is 0.690. The van der Waals surface area contributed by atoms with E-state index in [9.17, 15) is 15.0 Å². The number of methoxy groups -OCH3 is 1. The van der Waals surface area contributed by atoms with E-state index in [4.69, 9.17) is 9.57 Å². The Hall–Kier alpha value is -4.66. The van der Waals surface area contributed by atoms with Gasteiger partial charge in [-0.3, -0.25) is 4.79 Å². The number of rotatable bonds is 7. The molecule has 4 rings (SSSR count). The van der Waals surface area contributed by atoms with E-state index in [-0.39, 0.29) is 23.9 Å². The van der Waals surface area contributed by atoms with Crippen LogP contribution < -0.4 is 10.3 Å². The van der Waals surface area contributed by atoms with Gasteiger partial charge in [0.1, 0.15) is 17.2 Å². The monoisotopic (exact) mass is 444 g/mol. The minimum Gasteiger partial charge on any atom is -0.508 e. The Kier molecular flexibility index (Phi) is 6.31. The highest BCUT2D eigenvalue weighted by molar-refractivity contribution is 5.84. The van der Waals surface area contributed by atoms with Gasteiger partial charge in [-0.1, -0.05) is 17.3 Å². The maximum absolute atomic E-state index is 13.0. The number of benzene rings is 3. The van der Waals surface area contributed by atoms with Crippen LogP contribution in [0.5, 0.6) is 17.2 Å². The van der Waals surface area contributed by atoms with Crippen molar-refractivity contribution >= 4 is 23.3 Å². The average Bonchev–Trinajstić information content (AvgIpc) is 2.83. The summed E-state index contributed by atoms with van der Waals surface area (Å²) in [6.45, 7) is -0.119. The minimum absolute atomic E-state index is 0.0852. The van der Waals surface area contributed by atoms with Gasteiger partial charge in [-0.2, -0.15) is 9.78 Å². The fourth-order valence-electron chi connectivity index (χ4n) is 3.03. The molecule has 0 saturated carbocycles. The van der Waals surface area contributed by atoms with E-state index in [0.717, 1.165) is 16.0 Å². The average molecular weight is 444 g/mol. The maximum atomic E-state index is 13.0. The van der Waals surface area contributed by atoms with Crippen molar-refractivity contribution in [3.63, 3.8) is 0 Å². The Balaban J connectivity index is 1.62. The number of hydrogen-bond acceptors (Lipinski definition) is 8. The number of ether oxygens (including phenoxy) is 1. The predicted molar refractivity (Wildman–Crippen MR) is 124 cm³/mol. The van der Waals surface area contributed by atoms with Crippen LogP contribution in [0.2, 0.25) is 0 Å². The first-order valence-electron chi connectivity index (χ1n) is 9.91. The molecule has 1 heterocycles. The van der Waals surface area contributed by atoms with E-state index >= 15 is 0 Å². The normalized spacial score (nSPS) is 11.4.